The maximum absolute atomic E-state index is 13.7. The molecule has 1 fully saturated rings. The second kappa shape index (κ2) is 6.13. The molecule has 0 N–H and O–H groups in total. The molecule has 1 aliphatic rings. The van der Waals surface area contributed by atoms with Crippen molar-refractivity contribution in [2.75, 3.05) is 0 Å². The molecule has 0 bridgehead atoms. The number of amides is 1. The van der Waals surface area contributed by atoms with Crippen molar-refractivity contribution >= 4 is 33.6 Å². The molecular weight excluding hydrogens is 361 g/mol. The zero-order chi connectivity index (χ0) is 15.8. The number of nitrogens with zero attached hydrogens (tertiary/aromatic N) is 1. The zero-order valence-electron chi connectivity index (χ0n) is 12.3. The van der Waals surface area contributed by atoms with Crippen LogP contribution in [0.1, 0.15) is 39.2 Å². The number of carbonyl (C=O) groups excluding carboxylic acids is 1. The monoisotopic (exact) mass is 377 g/mol. The molecule has 0 aromatic heterocycles. The number of rotatable bonds is 3. The van der Waals surface area contributed by atoms with Crippen LogP contribution in [0.4, 0.5) is 9.18 Å². The van der Waals surface area contributed by atoms with Crippen molar-refractivity contribution in [1.82, 2.24) is 4.90 Å². The van der Waals surface area contributed by atoms with Gasteiger partial charge in [-0.05, 0) is 67.2 Å². The Morgan fingerprint density at radius 3 is 2.62 bits per heavy atom. The summed E-state index contributed by atoms with van der Waals surface area (Å²) in [6, 6.07) is 3.01. The number of halogens is 3. The van der Waals surface area contributed by atoms with E-state index in [1.165, 1.54) is 12.1 Å². The molecular formula is C15H18BrClFNO2. The van der Waals surface area contributed by atoms with Crippen LogP contribution >= 0.6 is 27.5 Å². The molecule has 21 heavy (non-hydrogen) atoms. The van der Waals surface area contributed by atoms with Gasteiger partial charge in [0.2, 0.25) is 0 Å². The van der Waals surface area contributed by atoms with E-state index in [1.807, 2.05) is 20.8 Å². The molecule has 0 heterocycles. The second-order valence-electron chi connectivity index (χ2n) is 6.20. The Morgan fingerprint density at radius 1 is 1.48 bits per heavy atom. The first-order valence-corrected chi connectivity index (χ1v) is 7.97. The first-order valence-electron chi connectivity index (χ1n) is 6.80. The smallest absolute Gasteiger partial charge is 0.410 e. The van der Waals surface area contributed by atoms with Crippen molar-refractivity contribution in [3.63, 3.8) is 0 Å². The summed E-state index contributed by atoms with van der Waals surface area (Å²) in [5.41, 5.74) is 0.0223. The van der Waals surface area contributed by atoms with E-state index in [1.54, 1.807) is 4.90 Å². The van der Waals surface area contributed by atoms with E-state index in [0.29, 0.717) is 15.1 Å². The number of carbonyl (C=O) groups is 1. The highest BCUT2D eigenvalue weighted by molar-refractivity contribution is 9.10. The number of ether oxygens (including phenoxy) is 1. The molecule has 1 aromatic rings. The standard InChI is InChI=1S/C15H18BrClFNO2/c1-15(2,3)21-14(20)19(10-4-5-10)8-9-6-13(18)11(16)7-12(9)17/h6-7,10H,4-5,8H2,1-3H3. The first-order chi connectivity index (χ1) is 9.67. The summed E-state index contributed by atoms with van der Waals surface area (Å²) < 4.78 is 19.4. The first kappa shape index (κ1) is 16.6. The molecule has 0 aliphatic heterocycles. The van der Waals surface area contributed by atoms with Crippen LogP contribution in [0.2, 0.25) is 5.02 Å². The van der Waals surface area contributed by atoms with Gasteiger partial charge in [-0.15, -0.1) is 0 Å². The molecule has 6 heteroatoms. The highest BCUT2D eigenvalue weighted by atomic mass is 79.9. The summed E-state index contributed by atoms with van der Waals surface area (Å²) in [4.78, 5) is 13.9. The average Bonchev–Trinajstić information content (AvgIpc) is 3.13. The summed E-state index contributed by atoms with van der Waals surface area (Å²) in [7, 11) is 0. The molecule has 0 radical (unpaired) electrons. The van der Waals surface area contributed by atoms with Gasteiger partial charge in [0.15, 0.2) is 0 Å². The summed E-state index contributed by atoms with van der Waals surface area (Å²) in [6.07, 6.45) is 1.50. The molecule has 3 nitrogen and oxygen atoms in total. The summed E-state index contributed by atoms with van der Waals surface area (Å²) in [5, 5.41) is 0.428. The number of hydrogen-bond acceptors (Lipinski definition) is 2. The van der Waals surface area contributed by atoms with Crippen molar-refractivity contribution in [3.8, 4) is 0 Å². The lowest BCUT2D eigenvalue weighted by molar-refractivity contribution is 0.0216. The van der Waals surface area contributed by atoms with Crippen molar-refractivity contribution in [1.29, 1.82) is 0 Å². The summed E-state index contributed by atoms with van der Waals surface area (Å²) in [6.45, 7) is 5.72. The Kier molecular flexibility index (Phi) is 4.83. The van der Waals surface area contributed by atoms with Gasteiger partial charge in [0, 0.05) is 11.1 Å². The van der Waals surface area contributed by atoms with Crippen molar-refractivity contribution in [2.45, 2.75) is 51.8 Å². The van der Waals surface area contributed by atoms with Crippen molar-refractivity contribution in [3.05, 3.63) is 33.0 Å². The van der Waals surface area contributed by atoms with E-state index in [-0.39, 0.29) is 18.7 Å². The fourth-order valence-corrected chi connectivity index (χ4v) is 2.62. The predicted molar refractivity (Wildman–Crippen MR) is 83.9 cm³/mol. The van der Waals surface area contributed by atoms with Gasteiger partial charge in [0.05, 0.1) is 11.0 Å². The predicted octanol–water partition coefficient (Wildman–Crippen LogP) is 5.14. The van der Waals surface area contributed by atoms with Gasteiger partial charge in [-0.25, -0.2) is 9.18 Å². The van der Waals surface area contributed by atoms with Gasteiger partial charge in [-0.1, -0.05) is 11.6 Å². The maximum atomic E-state index is 13.7. The van der Waals surface area contributed by atoms with E-state index in [2.05, 4.69) is 15.9 Å². The fourth-order valence-electron chi connectivity index (χ4n) is 1.92. The quantitative estimate of drug-likeness (QED) is 0.681. The lowest BCUT2D eigenvalue weighted by atomic mass is 10.2. The van der Waals surface area contributed by atoms with E-state index in [9.17, 15) is 9.18 Å². The van der Waals surface area contributed by atoms with E-state index >= 15 is 0 Å². The normalized spacial score (nSPS) is 15.0. The van der Waals surface area contributed by atoms with Gasteiger partial charge in [0.1, 0.15) is 11.4 Å². The second-order valence-corrected chi connectivity index (χ2v) is 7.46. The molecule has 116 valence electrons. The molecule has 1 amide bonds. The minimum atomic E-state index is -0.557. The molecule has 2 rings (SSSR count). The molecule has 0 spiro atoms. The SMILES string of the molecule is CC(C)(C)OC(=O)N(Cc1cc(F)c(Br)cc1Cl)C1CC1. The largest absolute Gasteiger partial charge is 0.444 e. The third-order valence-electron chi connectivity index (χ3n) is 3.05. The lowest BCUT2D eigenvalue weighted by Crippen LogP contribution is -2.37. The Balaban J connectivity index is 2.17. The third kappa shape index (κ3) is 4.58. The maximum Gasteiger partial charge on any atom is 0.410 e. The third-order valence-corrected chi connectivity index (χ3v) is 4.01. The van der Waals surface area contributed by atoms with Crippen LogP contribution in [0.5, 0.6) is 0 Å². The van der Waals surface area contributed by atoms with Crippen LogP contribution < -0.4 is 0 Å². The van der Waals surface area contributed by atoms with Crippen LogP contribution in [-0.2, 0) is 11.3 Å². The zero-order valence-corrected chi connectivity index (χ0v) is 14.6. The van der Waals surface area contributed by atoms with Crippen LogP contribution in [0.25, 0.3) is 0 Å². The molecule has 0 saturated heterocycles. The number of benzene rings is 1. The number of hydrogen-bond donors (Lipinski definition) is 0. The van der Waals surface area contributed by atoms with Gasteiger partial charge >= 0.3 is 6.09 Å². The summed E-state index contributed by atoms with van der Waals surface area (Å²) in [5.74, 6) is -0.394. The fraction of sp³-hybridized carbons (Fsp3) is 0.533. The van der Waals surface area contributed by atoms with Crippen LogP contribution in [-0.4, -0.2) is 22.6 Å². The molecule has 1 saturated carbocycles. The van der Waals surface area contributed by atoms with Crippen molar-refractivity contribution < 1.29 is 13.9 Å². The van der Waals surface area contributed by atoms with Gasteiger partial charge in [-0.3, -0.25) is 0 Å². The highest BCUT2D eigenvalue weighted by Crippen LogP contribution is 2.32. The minimum Gasteiger partial charge on any atom is -0.444 e. The van der Waals surface area contributed by atoms with Gasteiger partial charge in [-0.2, -0.15) is 0 Å². The Hall–Kier alpha value is -0.810. The Morgan fingerprint density at radius 2 is 2.10 bits per heavy atom. The molecule has 1 aromatic carbocycles. The van der Waals surface area contributed by atoms with E-state index in [4.69, 9.17) is 16.3 Å². The van der Waals surface area contributed by atoms with Crippen LogP contribution in [0.15, 0.2) is 16.6 Å². The molecule has 0 atom stereocenters. The highest BCUT2D eigenvalue weighted by Gasteiger charge is 2.35. The molecule has 0 unspecified atom stereocenters. The van der Waals surface area contributed by atoms with Crippen LogP contribution in [0, 0.1) is 5.82 Å². The topological polar surface area (TPSA) is 29.5 Å². The Labute approximate surface area is 137 Å². The van der Waals surface area contributed by atoms with Gasteiger partial charge in [0.25, 0.3) is 0 Å². The minimum absolute atomic E-state index is 0.155. The molecule has 1 aliphatic carbocycles. The lowest BCUT2D eigenvalue weighted by Gasteiger charge is -2.27. The Bertz CT molecular complexity index is 555. The van der Waals surface area contributed by atoms with E-state index < -0.39 is 11.4 Å². The average molecular weight is 379 g/mol. The van der Waals surface area contributed by atoms with E-state index in [0.717, 1.165) is 12.8 Å². The van der Waals surface area contributed by atoms with Gasteiger partial charge < -0.3 is 9.64 Å². The van der Waals surface area contributed by atoms with Crippen molar-refractivity contribution in [2.24, 2.45) is 0 Å². The summed E-state index contributed by atoms with van der Waals surface area (Å²) >= 11 is 9.22. The van der Waals surface area contributed by atoms with Crippen LogP contribution in [0.3, 0.4) is 0 Å².